The number of likely N-dealkylation sites (N-methyl/N-ethyl adjacent to an activating group) is 1. The molecule has 6 heteroatoms. The molecule has 2 aromatic rings. The molecule has 5 nitrogen and oxygen atoms in total. The van der Waals surface area contributed by atoms with Crippen molar-refractivity contribution in [1.29, 1.82) is 5.26 Å². The van der Waals surface area contributed by atoms with Gasteiger partial charge in [-0.15, -0.1) is 0 Å². The summed E-state index contributed by atoms with van der Waals surface area (Å²) in [5, 5.41) is 9.15. The number of sulfonamides is 1. The van der Waals surface area contributed by atoms with E-state index in [1.165, 1.54) is 36.2 Å². The molecule has 0 amide bonds. The molecule has 0 N–H and O–H groups in total. The lowest BCUT2D eigenvalue weighted by Crippen LogP contribution is -2.29. The summed E-state index contributed by atoms with van der Waals surface area (Å²) < 4.78 is 32.2. The molecule has 2 aromatic carbocycles. The summed E-state index contributed by atoms with van der Waals surface area (Å²) in [6, 6.07) is 14.7. The minimum atomic E-state index is -3.75. The highest BCUT2D eigenvalue weighted by Crippen LogP contribution is 2.29. The molecule has 0 unspecified atom stereocenters. The van der Waals surface area contributed by atoms with Crippen LogP contribution >= 0.6 is 0 Å². The third kappa shape index (κ3) is 4.24. The van der Waals surface area contributed by atoms with Crippen LogP contribution in [0.4, 0.5) is 0 Å². The SMILES string of the molecule is COc1c(C#N)cccc1S(=O)(=O)N(C)CCc1ccc(C(C)C)cc1. The molecule has 0 aliphatic rings. The minimum absolute atomic E-state index is 0.0108. The first kappa shape index (κ1) is 20.0. The average Bonchev–Trinajstić information content (AvgIpc) is 2.65. The lowest BCUT2D eigenvalue weighted by molar-refractivity contribution is 0.397. The lowest BCUT2D eigenvalue weighted by atomic mass is 10.0. The first-order valence-corrected chi connectivity index (χ1v) is 9.87. The van der Waals surface area contributed by atoms with E-state index < -0.39 is 10.0 Å². The maximum Gasteiger partial charge on any atom is 0.246 e. The van der Waals surface area contributed by atoms with Gasteiger partial charge in [-0.1, -0.05) is 44.2 Å². The summed E-state index contributed by atoms with van der Waals surface area (Å²) in [6.45, 7) is 4.61. The minimum Gasteiger partial charge on any atom is -0.494 e. The lowest BCUT2D eigenvalue weighted by Gasteiger charge is -2.19. The summed E-state index contributed by atoms with van der Waals surface area (Å²) in [6.07, 6.45) is 0.606. The molecule has 0 fully saturated rings. The van der Waals surface area contributed by atoms with Gasteiger partial charge < -0.3 is 4.74 Å². The molecule has 0 saturated heterocycles. The molecule has 0 saturated carbocycles. The van der Waals surface area contributed by atoms with E-state index >= 15 is 0 Å². The molecule has 0 spiro atoms. The van der Waals surface area contributed by atoms with Crippen molar-refractivity contribution in [1.82, 2.24) is 4.31 Å². The Labute approximate surface area is 155 Å². The van der Waals surface area contributed by atoms with Crippen LogP contribution in [-0.4, -0.2) is 33.4 Å². The van der Waals surface area contributed by atoms with Gasteiger partial charge in [-0.05, 0) is 35.6 Å². The fourth-order valence-electron chi connectivity index (χ4n) is 2.66. The van der Waals surface area contributed by atoms with E-state index in [0.29, 0.717) is 18.9 Å². The number of hydrogen-bond donors (Lipinski definition) is 0. The Morgan fingerprint density at radius 2 is 1.81 bits per heavy atom. The van der Waals surface area contributed by atoms with Crippen LogP contribution in [0, 0.1) is 11.3 Å². The molecule has 0 heterocycles. The van der Waals surface area contributed by atoms with Crippen molar-refractivity contribution < 1.29 is 13.2 Å². The molecular formula is C20H24N2O3S. The molecule has 0 atom stereocenters. The normalized spacial score (nSPS) is 11.6. The predicted molar refractivity (Wildman–Crippen MR) is 102 cm³/mol. The Kier molecular flexibility index (Phi) is 6.41. The predicted octanol–water partition coefficient (Wildman–Crippen LogP) is 3.55. The number of ether oxygens (including phenoxy) is 1. The molecule has 138 valence electrons. The maximum absolute atomic E-state index is 12.9. The average molecular weight is 372 g/mol. The van der Waals surface area contributed by atoms with Crippen molar-refractivity contribution in [2.24, 2.45) is 0 Å². The Balaban J connectivity index is 2.18. The highest BCUT2D eigenvalue weighted by atomic mass is 32.2. The van der Waals surface area contributed by atoms with E-state index in [0.717, 1.165) is 5.56 Å². The van der Waals surface area contributed by atoms with Gasteiger partial charge in [0.2, 0.25) is 10.0 Å². The summed E-state index contributed by atoms with van der Waals surface area (Å²) in [7, 11) is -0.844. The van der Waals surface area contributed by atoms with Crippen molar-refractivity contribution in [2.75, 3.05) is 20.7 Å². The highest BCUT2D eigenvalue weighted by molar-refractivity contribution is 7.89. The number of para-hydroxylation sites is 1. The highest BCUT2D eigenvalue weighted by Gasteiger charge is 2.26. The van der Waals surface area contributed by atoms with Gasteiger partial charge in [0.05, 0.1) is 12.7 Å². The van der Waals surface area contributed by atoms with Crippen LogP contribution in [0.3, 0.4) is 0 Å². The summed E-state index contributed by atoms with van der Waals surface area (Å²) in [4.78, 5) is 0.0108. The zero-order valence-electron chi connectivity index (χ0n) is 15.6. The van der Waals surface area contributed by atoms with Crippen LogP contribution in [0.25, 0.3) is 0 Å². The second-order valence-electron chi connectivity index (χ2n) is 6.42. The van der Waals surface area contributed by atoms with Gasteiger partial charge in [-0.3, -0.25) is 0 Å². The van der Waals surface area contributed by atoms with Crippen molar-refractivity contribution in [3.05, 3.63) is 59.2 Å². The van der Waals surface area contributed by atoms with E-state index in [1.807, 2.05) is 18.2 Å². The monoisotopic (exact) mass is 372 g/mol. The fraction of sp³-hybridized carbons (Fsp3) is 0.350. The van der Waals surface area contributed by atoms with E-state index in [-0.39, 0.29) is 16.2 Å². The van der Waals surface area contributed by atoms with Gasteiger partial charge in [0.1, 0.15) is 11.0 Å². The van der Waals surface area contributed by atoms with Gasteiger partial charge >= 0.3 is 0 Å². The van der Waals surface area contributed by atoms with Crippen molar-refractivity contribution in [2.45, 2.75) is 31.1 Å². The third-order valence-electron chi connectivity index (χ3n) is 4.35. The molecule has 2 rings (SSSR count). The summed E-state index contributed by atoms with van der Waals surface area (Å²) in [5.41, 5.74) is 2.54. The summed E-state index contributed by atoms with van der Waals surface area (Å²) in [5.74, 6) is 0.551. The number of benzene rings is 2. The number of nitrogens with zero attached hydrogens (tertiary/aromatic N) is 2. The van der Waals surface area contributed by atoms with E-state index in [2.05, 4.69) is 26.0 Å². The van der Waals surface area contributed by atoms with Crippen LogP contribution in [0.15, 0.2) is 47.4 Å². The maximum atomic E-state index is 12.9. The Morgan fingerprint density at radius 3 is 2.35 bits per heavy atom. The van der Waals surface area contributed by atoms with Crippen LogP contribution in [0.1, 0.15) is 36.5 Å². The Hall–Kier alpha value is -2.36. The topological polar surface area (TPSA) is 70.4 Å². The van der Waals surface area contributed by atoms with E-state index in [9.17, 15) is 8.42 Å². The van der Waals surface area contributed by atoms with Crippen molar-refractivity contribution >= 4 is 10.0 Å². The van der Waals surface area contributed by atoms with Gasteiger partial charge in [0.25, 0.3) is 0 Å². The van der Waals surface area contributed by atoms with E-state index in [4.69, 9.17) is 10.00 Å². The smallest absolute Gasteiger partial charge is 0.246 e. The molecule has 0 aromatic heterocycles. The van der Waals surface area contributed by atoms with Gasteiger partial charge in [-0.25, -0.2) is 12.7 Å². The first-order chi connectivity index (χ1) is 12.3. The number of methoxy groups -OCH3 is 1. The zero-order valence-corrected chi connectivity index (χ0v) is 16.4. The second-order valence-corrected chi connectivity index (χ2v) is 8.43. The second kappa shape index (κ2) is 8.35. The van der Waals surface area contributed by atoms with Crippen LogP contribution in [0.5, 0.6) is 5.75 Å². The standard InChI is InChI=1S/C20H24N2O3S/c1-15(2)17-10-8-16(9-11-17)12-13-22(3)26(23,24)19-7-5-6-18(14-21)20(19)25-4/h5-11,15H,12-13H2,1-4H3. The fourth-order valence-corrected chi connectivity index (χ4v) is 4.01. The molecular weight excluding hydrogens is 348 g/mol. The van der Waals surface area contributed by atoms with Gasteiger partial charge in [0, 0.05) is 13.6 Å². The van der Waals surface area contributed by atoms with Crippen molar-refractivity contribution in [3.8, 4) is 11.8 Å². The Morgan fingerprint density at radius 1 is 1.15 bits per heavy atom. The largest absolute Gasteiger partial charge is 0.494 e. The molecule has 0 bridgehead atoms. The Bertz CT molecular complexity index is 898. The number of hydrogen-bond acceptors (Lipinski definition) is 4. The number of rotatable bonds is 7. The molecule has 26 heavy (non-hydrogen) atoms. The summed E-state index contributed by atoms with van der Waals surface area (Å²) >= 11 is 0. The quantitative estimate of drug-likeness (QED) is 0.745. The number of nitriles is 1. The van der Waals surface area contributed by atoms with E-state index in [1.54, 1.807) is 6.07 Å². The van der Waals surface area contributed by atoms with Crippen molar-refractivity contribution in [3.63, 3.8) is 0 Å². The van der Waals surface area contributed by atoms with Crippen LogP contribution in [-0.2, 0) is 16.4 Å². The zero-order chi connectivity index (χ0) is 19.3. The molecule has 0 aliphatic heterocycles. The van der Waals surface area contributed by atoms with Crippen LogP contribution < -0.4 is 4.74 Å². The molecule has 0 radical (unpaired) electrons. The first-order valence-electron chi connectivity index (χ1n) is 8.43. The van der Waals surface area contributed by atoms with Gasteiger partial charge in [0.15, 0.2) is 5.75 Å². The van der Waals surface area contributed by atoms with Crippen LogP contribution in [0.2, 0.25) is 0 Å². The molecule has 0 aliphatic carbocycles. The third-order valence-corrected chi connectivity index (χ3v) is 6.23. The van der Waals surface area contributed by atoms with Gasteiger partial charge in [-0.2, -0.15) is 5.26 Å².